The molecule has 0 unspecified atom stereocenters. The van der Waals surface area contributed by atoms with Crippen LogP contribution in [-0.4, -0.2) is 17.7 Å². The second-order valence-corrected chi connectivity index (χ2v) is 8.71. The summed E-state index contributed by atoms with van der Waals surface area (Å²) in [6.07, 6.45) is 0. The SMILES string of the molecule is COc1ccc(CSC(=S)SCc2ccc(OC)cc2Cl)c(Cl)c1. The van der Waals surface area contributed by atoms with Crippen LogP contribution in [0.2, 0.25) is 10.0 Å². The van der Waals surface area contributed by atoms with Crippen molar-refractivity contribution >= 4 is 62.5 Å². The fourth-order valence-corrected chi connectivity index (χ4v) is 4.58. The minimum atomic E-state index is 0.688. The first-order valence-corrected chi connectivity index (χ1v) is 10.1. The molecule has 7 heteroatoms. The maximum absolute atomic E-state index is 6.24. The molecule has 24 heavy (non-hydrogen) atoms. The zero-order valence-corrected chi connectivity index (χ0v) is 17.1. The van der Waals surface area contributed by atoms with Gasteiger partial charge in [0, 0.05) is 21.6 Å². The third kappa shape index (κ3) is 5.74. The molecule has 0 radical (unpaired) electrons. The summed E-state index contributed by atoms with van der Waals surface area (Å²) in [4.78, 5) is 0. The van der Waals surface area contributed by atoms with Gasteiger partial charge in [0.2, 0.25) is 0 Å². The highest BCUT2D eigenvalue weighted by Gasteiger charge is 2.08. The van der Waals surface area contributed by atoms with E-state index in [1.807, 2.05) is 36.4 Å². The third-order valence-corrected chi connectivity index (χ3v) is 6.71. The summed E-state index contributed by atoms with van der Waals surface area (Å²) in [6, 6.07) is 11.3. The van der Waals surface area contributed by atoms with Crippen LogP contribution in [-0.2, 0) is 11.5 Å². The van der Waals surface area contributed by atoms with Crippen molar-refractivity contribution in [3.05, 3.63) is 57.6 Å². The zero-order valence-electron chi connectivity index (χ0n) is 13.2. The van der Waals surface area contributed by atoms with Gasteiger partial charge in [-0.15, -0.1) is 23.5 Å². The summed E-state index contributed by atoms with van der Waals surface area (Å²) in [6.45, 7) is 0. The smallest absolute Gasteiger partial charge is 0.120 e. The molecule has 0 aliphatic heterocycles. The number of ether oxygens (including phenoxy) is 2. The molecule has 0 atom stereocenters. The first kappa shape index (κ1) is 19.7. The van der Waals surface area contributed by atoms with Crippen LogP contribution in [0.1, 0.15) is 11.1 Å². The van der Waals surface area contributed by atoms with Gasteiger partial charge in [0.25, 0.3) is 0 Å². The van der Waals surface area contributed by atoms with Gasteiger partial charge in [-0.1, -0.05) is 47.6 Å². The molecule has 0 heterocycles. The van der Waals surface area contributed by atoms with Crippen molar-refractivity contribution in [3.8, 4) is 11.5 Å². The fourth-order valence-electron chi connectivity index (χ4n) is 1.86. The molecule has 2 rings (SSSR count). The Kier molecular flexibility index (Phi) is 8.04. The van der Waals surface area contributed by atoms with E-state index in [4.69, 9.17) is 44.9 Å². The third-order valence-electron chi connectivity index (χ3n) is 3.21. The average Bonchev–Trinajstić information content (AvgIpc) is 2.59. The minimum absolute atomic E-state index is 0.688. The molecule has 0 aliphatic carbocycles. The number of rotatable bonds is 6. The normalized spacial score (nSPS) is 10.5. The van der Waals surface area contributed by atoms with E-state index in [0.29, 0.717) is 10.0 Å². The van der Waals surface area contributed by atoms with Crippen molar-refractivity contribution in [3.63, 3.8) is 0 Å². The Bertz CT molecular complexity index is 663. The van der Waals surface area contributed by atoms with Gasteiger partial charge in [0.15, 0.2) is 0 Å². The Morgan fingerprint density at radius 3 is 1.62 bits per heavy atom. The Labute approximate surface area is 166 Å². The van der Waals surface area contributed by atoms with E-state index >= 15 is 0 Å². The Morgan fingerprint density at radius 1 is 0.875 bits per heavy atom. The highest BCUT2D eigenvalue weighted by atomic mass is 35.5. The number of benzene rings is 2. The maximum Gasteiger partial charge on any atom is 0.120 e. The summed E-state index contributed by atoms with van der Waals surface area (Å²) < 4.78 is 11.2. The number of hydrogen-bond donors (Lipinski definition) is 0. The molecule has 2 aromatic rings. The number of thioether (sulfide) groups is 2. The second kappa shape index (κ2) is 9.78. The molecule has 0 saturated carbocycles. The van der Waals surface area contributed by atoms with Gasteiger partial charge in [-0.25, -0.2) is 0 Å². The van der Waals surface area contributed by atoms with Crippen LogP contribution in [0.5, 0.6) is 11.5 Å². The molecule has 0 fully saturated rings. The lowest BCUT2D eigenvalue weighted by Crippen LogP contribution is -1.91. The van der Waals surface area contributed by atoms with Gasteiger partial charge in [-0.2, -0.15) is 0 Å². The van der Waals surface area contributed by atoms with Crippen molar-refractivity contribution in [2.45, 2.75) is 11.5 Å². The molecule has 0 aromatic heterocycles. The van der Waals surface area contributed by atoms with Gasteiger partial charge >= 0.3 is 0 Å². The van der Waals surface area contributed by atoms with Gasteiger partial charge in [-0.05, 0) is 35.4 Å². The maximum atomic E-state index is 6.24. The van der Waals surface area contributed by atoms with Crippen LogP contribution in [0.15, 0.2) is 36.4 Å². The number of thiocarbonyl (C=S) groups is 1. The molecule has 2 aromatic carbocycles. The van der Waals surface area contributed by atoms with E-state index < -0.39 is 0 Å². The van der Waals surface area contributed by atoms with Crippen molar-refractivity contribution in [2.24, 2.45) is 0 Å². The van der Waals surface area contributed by atoms with Gasteiger partial charge < -0.3 is 9.47 Å². The second-order valence-electron chi connectivity index (χ2n) is 4.74. The van der Waals surface area contributed by atoms with E-state index in [1.54, 1.807) is 37.7 Å². The molecule has 0 aliphatic rings. The molecule has 0 amide bonds. The fraction of sp³-hybridized carbons (Fsp3) is 0.235. The summed E-state index contributed by atoms with van der Waals surface area (Å²) in [7, 11) is 3.24. The first-order valence-electron chi connectivity index (χ1n) is 6.98. The molecule has 0 saturated heterocycles. The van der Waals surface area contributed by atoms with Gasteiger partial charge in [0.05, 0.1) is 14.2 Å². The molecule has 0 spiro atoms. The van der Waals surface area contributed by atoms with Crippen molar-refractivity contribution in [2.75, 3.05) is 14.2 Å². The van der Waals surface area contributed by atoms with Crippen LogP contribution >= 0.6 is 58.9 Å². The highest BCUT2D eigenvalue weighted by molar-refractivity contribution is 8.46. The Balaban J connectivity index is 1.85. The summed E-state index contributed by atoms with van der Waals surface area (Å²) >= 11 is 21.1. The lowest BCUT2D eigenvalue weighted by atomic mass is 10.2. The van der Waals surface area contributed by atoms with E-state index in [9.17, 15) is 0 Å². The van der Waals surface area contributed by atoms with E-state index in [1.165, 1.54) is 0 Å². The summed E-state index contributed by atoms with van der Waals surface area (Å²) in [5.41, 5.74) is 2.07. The largest absolute Gasteiger partial charge is 0.497 e. The van der Waals surface area contributed by atoms with Crippen molar-refractivity contribution in [1.29, 1.82) is 0 Å². The summed E-state index contributed by atoms with van der Waals surface area (Å²) in [5.74, 6) is 2.95. The standard InChI is InChI=1S/C17H16Cl2O2S3/c1-20-13-5-3-11(15(18)7-13)9-23-17(22)24-10-12-4-6-14(21-2)8-16(12)19/h3-8H,9-10H2,1-2H3. The quantitative estimate of drug-likeness (QED) is 0.499. The van der Waals surface area contributed by atoms with E-state index in [-0.39, 0.29) is 0 Å². The lowest BCUT2D eigenvalue weighted by molar-refractivity contribution is 0.414. The Morgan fingerprint density at radius 2 is 1.29 bits per heavy atom. The topological polar surface area (TPSA) is 18.5 Å². The lowest BCUT2D eigenvalue weighted by Gasteiger charge is -2.08. The van der Waals surface area contributed by atoms with Crippen LogP contribution in [0.4, 0.5) is 0 Å². The molecule has 0 bridgehead atoms. The van der Waals surface area contributed by atoms with Crippen LogP contribution in [0.3, 0.4) is 0 Å². The molecule has 2 nitrogen and oxygen atoms in total. The molecular formula is C17H16Cl2O2S3. The van der Waals surface area contributed by atoms with Crippen LogP contribution in [0.25, 0.3) is 0 Å². The predicted octanol–water partition coefficient (Wildman–Crippen LogP) is 6.46. The predicted molar refractivity (Wildman–Crippen MR) is 111 cm³/mol. The minimum Gasteiger partial charge on any atom is -0.497 e. The van der Waals surface area contributed by atoms with Crippen LogP contribution in [0, 0.1) is 0 Å². The highest BCUT2D eigenvalue weighted by Crippen LogP contribution is 2.31. The van der Waals surface area contributed by atoms with Gasteiger partial charge in [-0.3, -0.25) is 0 Å². The number of hydrogen-bond acceptors (Lipinski definition) is 5. The number of methoxy groups -OCH3 is 2. The van der Waals surface area contributed by atoms with Crippen molar-refractivity contribution < 1.29 is 9.47 Å². The first-order chi connectivity index (χ1) is 11.5. The average molecular weight is 419 g/mol. The van der Waals surface area contributed by atoms with Gasteiger partial charge in [0.1, 0.15) is 15.0 Å². The van der Waals surface area contributed by atoms with Crippen molar-refractivity contribution in [1.82, 2.24) is 0 Å². The summed E-state index contributed by atoms with van der Waals surface area (Å²) in [5, 5.41) is 1.38. The number of halogens is 2. The monoisotopic (exact) mass is 418 g/mol. The van der Waals surface area contributed by atoms with E-state index in [2.05, 4.69) is 0 Å². The molecular weight excluding hydrogens is 403 g/mol. The molecule has 128 valence electrons. The Hall–Kier alpha value is -0.590. The van der Waals surface area contributed by atoms with E-state index in [0.717, 1.165) is 37.7 Å². The van der Waals surface area contributed by atoms with Crippen LogP contribution < -0.4 is 9.47 Å². The zero-order chi connectivity index (χ0) is 17.5. The molecule has 0 N–H and O–H groups in total.